The third-order valence-corrected chi connectivity index (χ3v) is 6.53. The molecule has 1 aromatic carbocycles. The van der Waals surface area contributed by atoms with Gasteiger partial charge < -0.3 is 15.5 Å². The van der Waals surface area contributed by atoms with Crippen molar-refractivity contribution in [2.45, 2.75) is 45.7 Å². The average molecular weight is 356 g/mol. The summed E-state index contributed by atoms with van der Waals surface area (Å²) in [5.74, 6) is 0.0750. The van der Waals surface area contributed by atoms with E-state index >= 15 is 0 Å². The van der Waals surface area contributed by atoms with E-state index in [1.807, 2.05) is 0 Å². The van der Waals surface area contributed by atoms with Crippen LogP contribution in [0, 0.1) is 0 Å². The van der Waals surface area contributed by atoms with Gasteiger partial charge in [-0.2, -0.15) is 0 Å². The van der Waals surface area contributed by atoms with E-state index in [0.717, 1.165) is 42.1 Å². The van der Waals surface area contributed by atoms with Crippen LogP contribution in [0.15, 0.2) is 24.3 Å². The molecular formula is C20H25N3OS. The van der Waals surface area contributed by atoms with Gasteiger partial charge >= 0.3 is 0 Å². The lowest BCUT2D eigenvalue weighted by Gasteiger charge is -2.27. The summed E-state index contributed by atoms with van der Waals surface area (Å²) in [6.45, 7) is 6.33. The second-order valence-corrected chi connectivity index (χ2v) is 7.83. The summed E-state index contributed by atoms with van der Waals surface area (Å²) >= 11 is 1.78. The molecule has 5 heteroatoms. The number of hydrogen-bond acceptors (Lipinski definition) is 4. The Kier molecular flexibility index (Phi) is 4.42. The van der Waals surface area contributed by atoms with Crippen molar-refractivity contribution in [3.8, 4) is 0 Å². The molecule has 2 heterocycles. The molecule has 1 aliphatic carbocycles. The summed E-state index contributed by atoms with van der Waals surface area (Å²) in [5, 5.41) is 7.74. The minimum Gasteiger partial charge on any atom is -0.372 e. The SMILES string of the molecule is CCN(CC)c1ccc([C@@H]2NC(=O)c3c(sc4c3CCCC4)N2)cc1. The maximum atomic E-state index is 12.7. The van der Waals surface area contributed by atoms with Crippen LogP contribution in [0.1, 0.15) is 59.2 Å². The van der Waals surface area contributed by atoms with Crippen LogP contribution in [0.4, 0.5) is 10.7 Å². The van der Waals surface area contributed by atoms with Crippen molar-refractivity contribution in [2.24, 2.45) is 0 Å². The number of rotatable bonds is 4. The highest BCUT2D eigenvalue weighted by molar-refractivity contribution is 7.16. The molecule has 1 atom stereocenters. The molecule has 2 aromatic rings. The van der Waals surface area contributed by atoms with E-state index in [1.54, 1.807) is 11.3 Å². The Morgan fingerprint density at radius 2 is 1.80 bits per heavy atom. The van der Waals surface area contributed by atoms with Crippen LogP contribution in [0.25, 0.3) is 0 Å². The Bertz CT molecular complexity index is 777. The van der Waals surface area contributed by atoms with E-state index in [1.165, 1.54) is 29.0 Å². The first-order valence-corrected chi connectivity index (χ1v) is 10.1. The van der Waals surface area contributed by atoms with Gasteiger partial charge in [0.05, 0.1) is 5.56 Å². The van der Waals surface area contributed by atoms with Crippen LogP contribution in [0.2, 0.25) is 0 Å². The third-order valence-electron chi connectivity index (χ3n) is 5.30. The number of thiophene rings is 1. The molecule has 4 rings (SSSR count). The van der Waals surface area contributed by atoms with Gasteiger partial charge in [0.2, 0.25) is 0 Å². The number of amides is 1. The van der Waals surface area contributed by atoms with Crippen LogP contribution in [0.5, 0.6) is 0 Å². The summed E-state index contributed by atoms with van der Waals surface area (Å²) < 4.78 is 0. The molecule has 0 saturated carbocycles. The maximum Gasteiger partial charge on any atom is 0.256 e. The van der Waals surface area contributed by atoms with E-state index in [-0.39, 0.29) is 12.1 Å². The van der Waals surface area contributed by atoms with Gasteiger partial charge in [-0.25, -0.2) is 0 Å². The van der Waals surface area contributed by atoms with Crippen LogP contribution in [-0.2, 0) is 12.8 Å². The predicted molar refractivity (Wildman–Crippen MR) is 105 cm³/mol. The minimum absolute atomic E-state index is 0.0750. The quantitative estimate of drug-likeness (QED) is 0.858. The van der Waals surface area contributed by atoms with E-state index in [2.05, 4.69) is 53.6 Å². The molecule has 0 spiro atoms. The number of carbonyl (C=O) groups is 1. The van der Waals surface area contributed by atoms with Crippen molar-refractivity contribution in [3.63, 3.8) is 0 Å². The van der Waals surface area contributed by atoms with E-state index in [4.69, 9.17) is 0 Å². The van der Waals surface area contributed by atoms with Gasteiger partial charge in [-0.1, -0.05) is 12.1 Å². The monoisotopic (exact) mass is 355 g/mol. The normalized spacial score (nSPS) is 18.8. The van der Waals surface area contributed by atoms with Crippen molar-refractivity contribution in [1.82, 2.24) is 5.32 Å². The summed E-state index contributed by atoms with van der Waals surface area (Å²) in [7, 11) is 0. The number of carbonyl (C=O) groups excluding carboxylic acids is 1. The van der Waals surface area contributed by atoms with Crippen molar-refractivity contribution in [1.29, 1.82) is 0 Å². The van der Waals surface area contributed by atoms with Gasteiger partial charge in [0.15, 0.2) is 0 Å². The molecule has 1 aromatic heterocycles. The zero-order chi connectivity index (χ0) is 17.4. The van der Waals surface area contributed by atoms with Crippen LogP contribution >= 0.6 is 11.3 Å². The molecule has 2 aliphatic rings. The lowest BCUT2D eigenvalue weighted by Crippen LogP contribution is -2.38. The number of hydrogen-bond donors (Lipinski definition) is 2. The van der Waals surface area contributed by atoms with Crippen molar-refractivity contribution >= 4 is 27.9 Å². The molecular weight excluding hydrogens is 330 g/mol. The number of benzene rings is 1. The summed E-state index contributed by atoms with van der Waals surface area (Å²) in [5.41, 5.74) is 4.51. The molecule has 4 nitrogen and oxygen atoms in total. The standard InChI is InChI=1S/C20H25N3OS/c1-3-23(4-2)14-11-9-13(10-12-14)18-21-19(24)17-15-7-5-6-8-16(15)25-20(17)22-18/h9-12,18,22H,3-8H2,1-2H3,(H,21,24)/t18-/m1/s1. The van der Waals surface area contributed by atoms with Crippen molar-refractivity contribution in [3.05, 3.63) is 45.8 Å². The molecule has 0 unspecified atom stereocenters. The van der Waals surface area contributed by atoms with Crippen LogP contribution in [-0.4, -0.2) is 19.0 Å². The number of fused-ring (bicyclic) bond motifs is 3. The molecule has 132 valence electrons. The number of nitrogens with zero attached hydrogens (tertiary/aromatic N) is 1. The molecule has 0 radical (unpaired) electrons. The second-order valence-electron chi connectivity index (χ2n) is 6.73. The zero-order valence-corrected chi connectivity index (χ0v) is 15.7. The molecule has 0 bridgehead atoms. The fraction of sp³-hybridized carbons (Fsp3) is 0.450. The summed E-state index contributed by atoms with van der Waals surface area (Å²) in [6.07, 6.45) is 4.44. The van der Waals surface area contributed by atoms with E-state index in [9.17, 15) is 4.79 Å². The maximum absolute atomic E-state index is 12.7. The van der Waals surface area contributed by atoms with E-state index < -0.39 is 0 Å². The molecule has 1 amide bonds. The number of nitrogens with one attached hydrogen (secondary N) is 2. The van der Waals surface area contributed by atoms with Crippen molar-refractivity contribution in [2.75, 3.05) is 23.3 Å². The fourth-order valence-corrected chi connectivity index (χ4v) is 5.23. The van der Waals surface area contributed by atoms with Gasteiger partial charge in [-0.3, -0.25) is 4.79 Å². The Labute approximate surface area is 153 Å². The first-order valence-electron chi connectivity index (χ1n) is 9.28. The largest absolute Gasteiger partial charge is 0.372 e. The van der Waals surface area contributed by atoms with Gasteiger partial charge in [0, 0.05) is 23.7 Å². The molecule has 25 heavy (non-hydrogen) atoms. The second kappa shape index (κ2) is 6.71. The summed E-state index contributed by atoms with van der Waals surface area (Å²) in [6, 6.07) is 8.52. The van der Waals surface area contributed by atoms with Gasteiger partial charge in [0.1, 0.15) is 11.2 Å². The topological polar surface area (TPSA) is 44.4 Å². The Balaban J connectivity index is 1.59. The highest BCUT2D eigenvalue weighted by Crippen LogP contribution is 2.41. The van der Waals surface area contributed by atoms with Crippen LogP contribution < -0.4 is 15.5 Å². The Morgan fingerprint density at radius 1 is 1.08 bits per heavy atom. The highest BCUT2D eigenvalue weighted by Gasteiger charge is 2.31. The minimum atomic E-state index is -0.147. The molecule has 0 saturated heterocycles. The molecule has 1 aliphatic heterocycles. The lowest BCUT2D eigenvalue weighted by atomic mass is 9.94. The summed E-state index contributed by atoms with van der Waals surface area (Å²) in [4.78, 5) is 16.4. The van der Waals surface area contributed by atoms with Gasteiger partial charge in [-0.15, -0.1) is 11.3 Å². The first-order chi connectivity index (χ1) is 12.2. The van der Waals surface area contributed by atoms with Gasteiger partial charge in [-0.05, 0) is 62.8 Å². The smallest absolute Gasteiger partial charge is 0.256 e. The zero-order valence-electron chi connectivity index (χ0n) is 14.9. The Morgan fingerprint density at radius 3 is 2.52 bits per heavy atom. The predicted octanol–water partition coefficient (Wildman–Crippen LogP) is 4.33. The van der Waals surface area contributed by atoms with Crippen LogP contribution in [0.3, 0.4) is 0 Å². The number of anilines is 2. The highest BCUT2D eigenvalue weighted by atomic mass is 32.1. The first kappa shape index (κ1) is 16.5. The molecule has 0 fully saturated rings. The molecule has 2 N–H and O–H groups in total. The number of aryl methyl sites for hydroxylation is 1. The van der Waals surface area contributed by atoms with Gasteiger partial charge in [0.25, 0.3) is 5.91 Å². The Hall–Kier alpha value is -2.01. The van der Waals surface area contributed by atoms with E-state index in [0.29, 0.717) is 0 Å². The lowest BCUT2D eigenvalue weighted by molar-refractivity contribution is 0.0935. The average Bonchev–Trinajstić information content (AvgIpc) is 3.02. The third kappa shape index (κ3) is 2.91. The fourth-order valence-electron chi connectivity index (χ4n) is 3.91. The van der Waals surface area contributed by atoms with Crippen molar-refractivity contribution < 1.29 is 4.79 Å².